The molecule has 0 radical (unpaired) electrons. The molecule has 0 spiro atoms. The van der Waals surface area contributed by atoms with Crippen LogP contribution in [0.15, 0.2) is 0 Å². The maximum Gasteiger partial charge on any atom is 0.326 e. The molecule has 0 rings (SSSR count). The molecule has 20 heavy (non-hydrogen) atoms. The SMILES string of the molecule is C[C@@H](C(=O)O)N(CCN(C)C(C)(C)C)C(=O)C(C)(C)C. The fourth-order valence-electron chi connectivity index (χ4n) is 1.63. The maximum absolute atomic E-state index is 12.4. The van der Waals surface area contributed by atoms with Gasteiger partial charge in [0.25, 0.3) is 0 Å². The highest BCUT2D eigenvalue weighted by Gasteiger charge is 2.33. The van der Waals surface area contributed by atoms with E-state index in [-0.39, 0.29) is 11.4 Å². The Hall–Kier alpha value is -1.10. The lowest BCUT2D eigenvalue weighted by Gasteiger charge is -2.37. The summed E-state index contributed by atoms with van der Waals surface area (Å²) in [5, 5.41) is 9.18. The third-order valence-corrected chi connectivity index (χ3v) is 3.55. The smallest absolute Gasteiger partial charge is 0.326 e. The molecule has 0 heterocycles. The predicted molar refractivity (Wildman–Crippen MR) is 80.6 cm³/mol. The molecule has 0 aliphatic carbocycles. The first-order chi connectivity index (χ1) is 8.78. The molecule has 0 bridgehead atoms. The van der Waals surface area contributed by atoms with Gasteiger partial charge in [-0.1, -0.05) is 20.8 Å². The fourth-order valence-corrected chi connectivity index (χ4v) is 1.63. The number of carbonyl (C=O) groups is 2. The number of aliphatic carboxylic acids is 1. The quantitative estimate of drug-likeness (QED) is 0.840. The molecular formula is C15H30N2O3. The van der Waals surface area contributed by atoms with E-state index in [1.807, 2.05) is 27.8 Å². The predicted octanol–water partition coefficient (Wildman–Crippen LogP) is 2.06. The second kappa shape index (κ2) is 6.57. The Bertz CT molecular complexity index is 353. The van der Waals surface area contributed by atoms with E-state index < -0.39 is 17.4 Å². The van der Waals surface area contributed by atoms with Crippen molar-refractivity contribution in [2.45, 2.75) is 60.0 Å². The van der Waals surface area contributed by atoms with Crippen LogP contribution in [-0.4, -0.2) is 58.5 Å². The third kappa shape index (κ3) is 5.49. The van der Waals surface area contributed by atoms with Gasteiger partial charge in [-0.2, -0.15) is 0 Å². The summed E-state index contributed by atoms with van der Waals surface area (Å²) >= 11 is 0. The number of carboxylic acid groups (broad SMARTS) is 1. The van der Waals surface area contributed by atoms with Crippen molar-refractivity contribution in [3.8, 4) is 0 Å². The molecule has 1 N–H and O–H groups in total. The Morgan fingerprint density at radius 2 is 1.50 bits per heavy atom. The minimum atomic E-state index is -0.971. The van der Waals surface area contributed by atoms with E-state index >= 15 is 0 Å². The molecule has 1 atom stereocenters. The monoisotopic (exact) mass is 286 g/mol. The summed E-state index contributed by atoms with van der Waals surface area (Å²) in [6.07, 6.45) is 0. The lowest BCUT2D eigenvalue weighted by Crippen LogP contribution is -2.52. The summed E-state index contributed by atoms with van der Waals surface area (Å²) in [5.41, 5.74) is -0.590. The van der Waals surface area contributed by atoms with E-state index in [0.29, 0.717) is 13.1 Å². The lowest BCUT2D eigenvalue weighted by atomic mass is 9.94. The van der Waals surface area contributed by atoms with Crippen molar-refractivity contribution < 1.29 is 14.7 Å². The van der Waals surface area contributed by atoms with Gasteiger partial charge in [0.15, 0.2) is 0 Å². The molecule has 0 aromatic rings. The van der Waals surface area contributed by atoms with Crippen LogP contribution in [0.2, 0.25) is 0 Å². The van der Waals surface area contributed by atoms with E-state index in [9.17, 15) is 14.7 Å². The molecule has 0 unspecified atom stereocenters. The summed E-state index contributed by atoms with van der Waals surface area (Å²) in [4.78, 5) is 27.2. The van der Waals surface area contributed by atoms with Crippen LogP contribution in [0.25, 0.3) is 0 Å². The molecule has 1 amide bonds. The molecule has 0 saturated heterocycles. The van der Waals surface area contributed by atoms with Gasteiger partial charge in [0.2, 0.25) is 5.91 Å². The van der Waals surface area contributed by atoms with Crippen molar-refractivity contribution in [3.05, 3.63) is 0 Å². The number of likely N-dealkylation sites (N-methyl/N-ethyl adjacent to an activating group) is 1. The van der Waals surface area contributed by atoms with Gasteiger partial charge in [0, 0.05) is 24.0 Å². The Balaban J connectivity index is 4.99. The summed E-state index contributed by atoms with van der Waals surface area (Å²) in [7, 11) is 1.98. The molecule has 5 heteroatoms. The average molecular weight is 286 g/mol. The number of hydrogen-bond donors (Lipinski definition) is 1. The van der Waals surface area contributed by atoms with Gasteiger partial charge in [0.05, 0.1) is 0 Å². The van der Waals surface area contributed by atoms with Crippen LogP contribution >= 0.6 is 0 Å². The van der Waals surface area contributed by atoms with Crippen molar-refractivity contribution in [1.29, 1.82) is 0 Å². The fraction of sp³-hybridized carbons (Fsp3) is 0.867. The summed E-state index contributed by atoms with van der Waals surface area (Å²) in [5.74, 6) is -1.10. The normalized spacial score (nSPS) is 14.2. The molecule has 0 saturated carbocycles. The standard InChI is InChI=1S/C15H30N2O3/c1-11(12(18)19)17(13(20)14(2,3)4)10-9-16(8)15(5,6)7/h11H,9-10H2,1-8H3,(H,18,19)/t11-/m0/s1. The van der Waals surface area contributed by atoms with Crippen molar-refractivity contribution in [2.75, 3.05) is 20.1 Å². The molecular weight excluding hydrogens is 256 g/mol. The molecule has 0 aliphatic rings. The first-order valence-electron chi connectivity index (χ1n) is 7.03. The van der Waals surface area contributed by atoms with Crippen molar-refractivity contribution in [2.24, 2.45) is 5.41 Å². The van der Waals surface area contributed by atoms with Crippen LogP contribution in [0.3, 0.4) is 0 Å². The number of carboxylic acids is 1. The largest absolute Gasteiger partial charge is 0.480 e. The zero-order valence-electron chi connectivity index (χ0n) is 14.1. The van der Waals surface area contributed by atoms with Crippen LogP contribution in [0, 0.1) is 5.41 Å². The minimum absolute atomic E-state index is 0.0110. The van der Waals surface area contributed by atoms with Crippen LogP contribution in [-0.2, 0) is 9.59 Å². The topological polar surface area (TPSA) is 60.9 Å². The number of nitrogens with zero attached hydrogens (tertiary/aromatic N) is 2. The molecule has 0 aliphatic heterocycles. The van der Waals surface area contributed by atoms with E-state index in [1.54, 1.807) is 6.92 Å². The van der Waals surface area contributed by atoms with Gasteiger partial charge >= 0.3 is 5.97 Å². The molecule has 5 nitrogen and oxygen atoms in total. The van der Waals surface area contributed by atoms with E-state index in [1.165, 1.54) is 4.90 Å². The van der Waals surface area contributed by atoms with Gasteiger partial charge in [-0.25, -0.2) is 4.79 Å². The Labute approximate surface area is 122 Å². The van der Waals surface area contributed by atoms with Crippen LogP contribution in [0.5, 0.6) is 0 Å². The van der Waals surface area contributed by atoms with Gasteiger partial charge in [-0.3, -0.25) is 9.69 Å². The number of carbonyl (C=O) groups excluding carboxylic acids is 1. The Kier molecular flexibility index (Phi) is 6.21. The first-order valence-corrected chi connectivity index (χ1v) is 7.03. The minimum Gasteiger partial charge on any atom is -0.480 e. The highest BCUT2D eigenvalue weighted by molar-refractivity contribution is 5.86. The van der Waals surface area contributed by atoms with Crippen molar-refractivity contribution in [3.63, 3.8) is 0 Å². The van der Waals surface area contributed by atoms with Crippen LogP contribution < -0.4 is 0 Å². The van der Waals surface area contributed by atoms with Crippen LogP contribution in [0.1, 0.15) is 48.5 Å². The molecule has 118 valence electrons. The summed E-state index contributed by atoms with van der Waals surface area (Å²) in [6.45, 7) is 14.3. The molecule has 0 aromatic heterocycles. The Morgan fingerprint density at radius 1 is 1.05 bits per heavy atom. The first kappa shape index (κ1) is 18.9. The number of rotatable bonds is 5. The number of amides is 1. The van der Waals surface area contributed by atoms with Gasteiger partial charge in [-0.05, 0) is 34.7 Å². The average Bonchev–Trinajstić information content (AvgIpc) is 2.25. The second-order valence-corrected chi connectivity index (χ2v) is 7.36. The maximum atomic E-state index is 12.4. The third-order valence-electron chi connectivity index (χ3n) is 3.55. The van der Waals surface area contributed by atoms with Gasteiger partial charge in [0.1, 0.15) is 6.04 Å². The summed E-state index contributed by atoms with van der Waals surface area (Å²) < 4.78 is 0. The second-order valence-electron chi connectivity index (χ2n) is 7.36. The van der Waals surface area contributed by atoms with Gasteiger partial charge in [-0.15, -0.1) is 0 Å². The van der Waals surface area contributed by atoms with E-state index in [2.05, 4.69) is 25.7 Å². The van der Waals surface area contributed by atoms with Gasteiger partial charge < -0.3 is 10.0 Å². The molecule has 0 aromatic carbocycles. The lowest BCUT2D eigenvalue weighted by molar-refractivity contribution is -0.153. The van der Waals surface area contributed by atoms with E-state index in [0.717, 1.165) is 0 Å². The highest BCUT2D eigenvalue weighted by Crippen LogP contribution is 2.20. The van der Waals surface area contributed by atoms with Crippen molar-refractivity contribution >= 4 is 11.9 Å². The van der Waals surface area contributed by atoms with Crippen molar-refractivity contribution in [1.82, 2.24) is 9.80 Å². The van der Waals surface area contributed by atoms with E-state index in [4.69, 9.17) is 0 Å². The summed E-state index contributed by atoms with van der Waals surface area (Å²) in [6, 6.07) is -0.810. The highest BCUT2D eigenvalue weighted by atomic mass is 16.4. The zero-order valence-corrected chi connectivity index (χ0v) is 14.1. The Morgan fingerprint density at radius 3 is 1.80 bits per heavy atom. The zero-order chi connectivity index (χ0) is 16.3. The molecule has 0 fully saturated rings. The van der Waals surface area contributed by atoms with Crippen LogP contribution in [0.4, 0.5) is 0 Å². The number of hydrogen-bond acceptors (Lipinski definition) is 3.